The van der Waals surface area contributed by atoms with E-state index in [1.54, 1.807) is 14.0 Å². The van der Waals surface area contributed by atoms with E-state index in [2.05, 4.69) is 0 Å². The summed E-state index contributed by atoms with van der Waals surface area (Å²) in [5, 5.41) is 9.37. The number of benzene rings is 1. The predicted molar refractivity (Wildman–Crippen MR) is 56.3 cm³/mol. The summed E-state index contributed by atoms with van der Waals surface area (Å²) in [6.45, 7) is 3.65. The normalized spacial score (nSPS) is 14.9. The van der Waals surface area contributed by atoms with Crippen LogP contribution in [-0.2, 0) is 0 Å². The van der Waals surface area contributed by atoms with Crippen LogP contribution in [0.5, 0.6) is 5.75 Å². The van der Waals surface area contributed by atoms with Crippen molar-refractivity contribution in [3.63, 3.8) is 0 Å². The van der Waals surface area contributed by atoms with Crippen LogP contribution in [0, 0.1) is 6.92 Å². The maximum Gasteiger partial charge on any atom is 0.119 e. The van der Waals surface area contributed by atoms with Crippen LogP contribution in [0.3, 0.4) is 0 Å². The minimum absolute atomic E-state index is 0.332. The molecule has 1 aromatic rings. The number of hydrogen-bond donors (Lipinski definition) is 2. The van der Waals surface area contributed by atoms with E-state index in [0.717, 1.165) is 16.9 Å². The summed E-state index contributed by atoms with van der Waals surface area (Å²) in [5.41, 5.74) is 7.84. The van der Waals surface area contributed by atoms with Crippen LogP contribution in [0.2, 0.25) is 0 Å². The Labute approximate surface area is 84.5 Å². The van der Waals surface area contributed by atoms with Crippen molar-refractivity contribution in [2.24, 2.45) is 5.73 Å². The fourth-order valence-electron chi connectivity index (χ4n) is 1.41. The van der Waals surface area contributed by atoms with Gasteiger partial charge in [-0.3, -0.25) is 0 Å². The van der Waals surface area contributed by atoms with Crippen LogP contribution in [0.1, 0.15) is 24.1 Å². The molecule has 0 aliphatic heterocycles. The largest absolute Gasteiger partial charge is 0.497 e. The van der Waals surface area contributed by atoms with Crippen molar-refractivity contribution in [2.75, 3.05) is 7.11 Å². The highest BCUT2D eigenvalue weighted by molar-refractivity contribution is 5.36. The minimum atomic E-state index is -0.540. The van der Waals surface area contributed by atoms with E-state index >= 15 is 0 Å². The van der Waals surface area contributed by atoms with Crippen LogP contribution < -0.4 is 10.5 Å². The average Bonchev–Trinajstić information content (AvgIpc) is 2.16. The summed E-state index contributed by atoms with van der Waals surface area (Å²) >= 11 is 0. The molecule has 0 aliphatic rings. The first-order valence-electron chi connectivity index (χ1n) is 4.64. The molecule has 3 nitrogen and oxygen atoms in total. The summed E-state index contributed by atoms with van der Waals surface area (Å²) < 4.78 is 5.09. The van der Waals surface area contributed by atoms with Crippen molar-refractivity contribution < 1.29 is 9.84 Å². The lowest BCUT2D eigenvalue weighted by Crippen LogP contribution is -2.23. The maximum absolute atomic E-state index is 9.37. The Morgan fingerprint density at radius 3 is 2.50 bits per heavy atom. The number of aliphatic hydroxyl groups is 1. The molecule has 0 spiro atoms. The maximum atomic E-state index is 9.37. The molecule has 0 aromatic heterocycles. The fraction of sp³-hybridized carbons (Fsp3) is 0.455. The van der Waals surface area contributed by atoms with E-state index in [9.17, 15) is 5.11 Å². The van der Waals surface area contributed by atoms with Gasteiger partial charge in [0.1, 0.15) is 5.75 Å². The number of hydrogen-bond acceptors (Lipinski definition) is 3. The molecular formula is C11H17NO2. The zero-order valence-corrected chi connectivity index (χ0v) is 8.82. The first-order chi connectivity index (χ1) is 6.56. The van der Waals surface area contributed by atoms with E-state index < -0.39 is 6.10 Å². The molecule has 0 aliphatic carbocycles. The van der Waals surface area contributed by atoms with Crippen molar-refractivity contribution in [1.82, 2.24) is 0 Å². The highest BCUT2D eigenvalue weighted by atomic mass is 16.5. The van der Waals surface area contributed by atoms with Gasteiger partial charge in [-0.05, 0) is 37.1 Å². The summed E-state index contributed by atoms with van der Waals surface area (Å²) in [7, 11) is 1.63. The molecule has 14 heavy (non-hydrogen) atoms. The third kappa shape index (κ3) is 2.25. The average molecular weight is 195 g/mol. The van der Waals surface area contributed by atoms with E-state index in [0.29, 0.717) is 0 Å². The molecule has 2 atom stereocenters. The third-order valence-corrected chi connectivity index (χ3v) is 2.36. The molecule has 3 N–H and O–H groups in total. The molecule has 0 saturated heterocycles. The first-order valence-corrected chi connectivity index (χ1v) is 4.64. The summed E-state index contributed by atoms with van der Waals surface area (Å²) in [4.78, 5) is 0. The Balaban J connectivity index is 2.99. The Hall–Kier alpha value is -1.06. The van der Waals surface area contributed by atoms with Crippen LogP contribution in [0.15, 0.2) is 18.2 Å². The molecule has 78 valence electrons. The molecular weight excluding hydrogens is 178 g/mol. The van der Waals surface area contributed by atoms with Gasteiger partial charge in [0.05, 0.1) is 19.3 Å². The lowest BCUT2D eigenvalue weighted by atomic mass is 9.98. The topological polar surface area (TPSA) is 55.5 Å². The SMILES string of the molecule is COc1ccc([C@@H](N)C(C)O)c(C)c1. The standard InChI is InChI=1S/C11H17NO2/c1-7-6-9(14-3)4-5-10(7)11(12)8(2)13/h4-6,8,11,13H,12H2,1-3H3/t8?,11-/m0/s1. The highest BCUT2D eigenvalue weighted by Gasteiger charge is 2.14. The molecule has 3 heteroatoms. The van der Waals surface area contributed by atoms with Crippen molar-refractivity contribution >= 4 is 0 Å². The lowest BCUT2D eigenvalue weighted by molar-refractivity contribution is 0.164. The molecule has 1 unspecified atom stereocenters. The molecule has 1 rings (SSSR count). The molecule has 0 saturated carbocycles. The highest BCUT2D eigenvalue weighted by Crippen LogP contribution is 2.22. The predicted octanol–water partition coefficient (Wildman–Crippen LogP) is 1.38. The second-order valence-electron chi connectivity index (χ2n) is 3.49. The number of aliphatic hydroxyl groups excluding tert-OH is 1. The Morgan fingerprint density at radius 1 is 1.43 bits per heavy atom. The minimum Gasteiger partial charge on any atom is -0.497 e. The van der Waals surface area contributed by atoms with Crippen LogP contribution in [0.4, 0.5) is 0 Å². The van der Waals surface area contributed by atoms with Gasteiger partial charge < -0.3 is 15.6 Å². The van der Waals surface area contributed by atoms with Gasteiger partial charge in [0.2, 0.25) is 0 Å². The lowest BCUT2D eigenvalue weighted by Gasteiger charge is -2.17. The number of nitrogens with two attached hydrogens (primary N) is 1. The quantitative estimate of drug-likeness (QED) is 0.766. The van der Waals surface area contributed by atoms with Gasteiger partial charge in [0, 0.05) is 0 Å². The van der Waals surface area contributed by atoms with Gasteiger partial charge in [-0.15, -0.1) is 0 Å². The number of ether oxygens (including phenoxy) is 1. The molecule has 0 bridgehead atoms. The molecule has 0 fully saturated rings. The zero-order chi connectivity index (χ0) is 10.7. The summed E-state index contributed by atoms with van der Waals surface area (Å²) in [6.07, 6.45) is -0.540. The second kappa shape index (κ2) is 4.44. The fourth-order valence-corrected chi connectivity index (χ4v) is 1.41. The second-order valence-corrected chi connectivity index (χ2v) is 3.49. The first kappa shape index (κ1) is 11.0. The molecule has 1 aromatic carbocycles. The molecule has 0 radical (unpaired) electrons. The third-order valence-electron chi connectivity index (χ3n) is 2.36. The zero-order valence-electron chi connectivity index (χ0n) is 8.82. The van der Waals surface area contributed by atoms with Crippen LogP contribution in [0.25, 0.3) is 0 Å². The summed E-state index contributed by atoms with van der Waals surface area (Å²) in [6, 6.07) is 5.33. The van der Waals surface area contributed by atoms with Crippen molar-refractivity contribution in [1.29, 1.82) is 0 Å². The van der Waals surface area contributed by atoms with Gasteiger partial charge in [0.25, 0.3) is 0 Å². The Morgan fingerprint density at radius 2 is 2.07 bits per heavy atom. The van der Waals surface area contributed by atoms with Gasteiger partial charge in [-0.25, -0.2) is 0 Å². The smallest absolute Gasteiger partial charge is 0.119 e. The van der Waals surface area contributed by atoms with Gasteiger partial charge in [-0.1, -0.05) is 6.07 Å². The van der Waals surface area contributed by atoms with Gasteiger partial charge in [0.15, 0.2) is 0 Å². The van der Waals surface area contributed by atoms with Crippen LogP contribution in [-0.4, -0.2) is 18.3 Å². The Bertz CT molecular complexity index is 310. The van der Waals surface area contributed by atoms with Gasteiger partial charge >= 0.3 is 0 Å². The summed E-state index contributed by atoms with van der Waals surface area (Å²) in [5.74, 6) is 0.809. The number of methoxy groups -OCH3 is 1. The van der Waals surface area contributed by atoms with Gasteiger partial charge in [-0.2, -0.15) is 0 Å². The monoisotopic (exact) mass is 195 g/mol. The van der Waals surface area contributed by atoms with Crippen molar-refractivity contribution in [3.8, 4) is 5.75 Å². The number of aryl methyl sites for hydroxylation is 1. The molecule has 0 amide bonds. The van der Waals surface area contributed by atoms with Crippen LogP contribution >= 0.6 is 0 Å². The van der Waals surface area contributed by atoms with E-state index in [1.807, 2.05) is 25.1 Å². The van der Waals surface area contributed by atoms with Crippen molar-refractivity contribution in [3.05, 3.63) is 29.3 Å². The van der Waals surface area contributed by atoms with E-state index in [1.165, 1.54) is 0 Å². The van der Waals surface area contributed by atoms with E-state index in [4.69, 9.17) is 10.5 Å². The van der Waals surface area contributed by atoms with E-state index in [-0.39, 0.29) is 6.04 Å². The Kier molecular flexibility index (Phi) is 3.49. The van der Waals surface area contributed by atoms with Crippen molar-refractivity contribution in [2.45, 2.75) is 26.0 Å². The number of rotatable bonds is 3. The molecule has 0 heterocycles.